The molecule has 0 amide bonds. The molecule has 9 nitrogen and oxygen atoms in total. The Balaban J connectivity index is 0.0000102. The summed E-state index contributed by atoms with van der Waals surface area (Å²) in [6, 6.07) is 0. The smallest absolute Gasteiger partial charge is 0.852 e. The van der Waals surface area contributed by atoms with Crippen molar-refractivity contribution in [3.8, 4) is 0 Å². The third-order valence-electron chi connectivity index (χ3n) is 5.34. The number of carbonyl (C=O) groups excluding carboxylic acids is 2. The van der Waals surface area contributed by atoms with Crippen LogP contribution >= 0.6 is 0 Å². The topological polar surface area (TPSA) is 142 Å². The molecule has 2 N–H and O–H groups in total. The molecular formula is C22H37NaO9S. The average molecular weight is 501 g/mol. The van der Waals surface area contributed by atoms with Crippen LogP contribution in [0, 0.1) is 0 Å². The van der Waals surface area contributed by atoms with Crippen molar-refractivity contribution in [3.05, 3.63) is 11.5 Å². The number of cyclic esters (lactones) is 1. The summed E-state index contributed by atoms with van der Waals surface area (Å²) < 4.78 is 33.8. The zero-order chi connectivity index (χ0) is 23.8. The standard InChI is InChI=1S/C22H37O9S.Na/c1-2-3-4-5-6-7-8-9-10-11-12-13-14-15-18(24)29-21-19(25)22(26)30-20(21)17(16-23)31-32(27)28;/h17,20,25H,2-16H2,1H3,(H,27,28);/q-1;+1/t17-,20+;/m0./s1. The van der Waals surface area contributed by atoms with Crippen molar-refractivity contribution in [2.24, 2.45) is 0 Å². The minimum absolute atomic E-state index is 0. The van der Waals surface area contributed by atoms with Crippen LogP contribution < -0.4 is 34.7 Å². The summed E-state index contributed by atoms with van der Waals surface area (Å²) in [4.78, 5) is 23.6. The van der Waals surface area contributed by atoms with Gasteiger partial charge < -0.3 is 19.7 Å². The quantitative estimate of drug-likeness (QED) is 0.113. The number of hydrogen-bond acceptors (Lipinski definition) is 8. The molecule has 0 aliphatic carbocycles. The Bertz CT molecular complexity index is 627. The molecule has 0 aromatic heterocycles. The van der Waals surface area contributed by atoms with Gasteiger partial charge in [0.05, 0.1) is 0 Å². The van der Waals surface area contributed by atoms with E-state index in [-0.39, 0.29) is 36.0 Å². The fourth-order valence-corrected chi connectivity index (χ4v) is 3.91. The van der Waals surface area contributed by atoms with Crippen molar-refractivity contribution < 1.29 is 71.8 Å². The minimum Gasteiger partial charge on any atom is -0.852 e. The van der Waals surface area contributed by atoms with Crippen LogP contribution in [0.2, 0.25) is 0 Å². The Morgan fingerprint density at radius 3 is 1.97 bits per heavy atom. The van der Waals surface area contributed by atoms with E-state index in [9.17, 15) is 24.0 Å². The molecule has 3 atom stereocenters. The largest absolute Gasteiger partial charge is 1.00 e. The van der Waals surface area contributed by atoms with Gasteiger partial charge in [0.15, 0.2) is 6.10 Å². The Morgan fingerprint density at radius 1 is 1.03 bits per heavy atom. The molecule has 0 radical (unpaired) electrons. The maximum atomic E-state index is 12.1. The molecule has 0 spiro atoms. The molecule has 0 saturated heterocycles. The third-order valence-corrected chi connectivity index (χ3v) is 5.75. The number of aliphatic hydroxyl groups excluding tert-OH is 1. The molecule has 0 bridgehead atoms. The fourth-order valence-electron chi connectivity index (χ4n) is 3.54. The van der Waals surface area contributed by atoms with Gasteiger partial charge >= 0.3 is 52.9 Å². The Kier molecular flexibility index (Phi) is 19.5. The predicted molar refractivity (Wildman–Crippen MR) is 116 cm³/mol. The number of hydrogen-bond donors (Lipinski definition) is 2. The summed E-state index contributed by atoms with van der Waals surface area (Å²) in [5, 5.41) is 21.0. The van der Waals surface area contributed by atoms with Crippen LogP contribution in [-0.2, 0) is 34.6 Å². The first-order valence-electron chi connectivity index (χ1n) is 11.6. The second kappa shape index (κ2) is 19.8. The summed E-state index contributed by atoms with van der Waals surface area (Å²) >= 11 is -2.79. The molecule has 0 saturated carbocycles. The third kappa shape index (κ3) is 13.9. The second-order valence-electron chi connectivity index (χ2n) is 8.02. The summed E-state index contributed by atoms with van der Waals surface area (Å²) in [5.74, 6) is -3.38. The molecule has 1 unspecified atom stereocenters. The molecule has 0 aromatic carbocycles. The van der Waals surface area contributed by atoms with Crippen LogP contribution in [0.25, 0.3) is 0 Å². The van der Waals surface area contributed by atoms with Crippen LogP contribution in [0.4, 0.5) is 0 Å². The molecule has 11 heteroatoms. The van der Waals surface area contributed by atoms with E-state index >= 15 is 0 Å². The number of rotatable bonds is 19. The molecule has 186 valence electrons. The van der Waals surface area contributed by atoms with Crippen molar-refractivity contribution in [1.82, 2.24) is 0 Å². The van der Waals surface area contributed by atoms with Gasteiger partial charge in [0.25, 0.3) is 0 Å². The van der Waals surface area contributed by atoms with Gasteiger partial charge in [-0.05, 0) is 6.42 Å². The van der Waals surface area contributed by atoms with E-state index in [1.165, 1.54) is 57.8 Å². The van der Waals surface area contributed by atoms with Crippen molar-refractivity contribution >= 4 is 23.3 Å². The minimum atomic E-state index is -2.79. The SMILES string of the molecule is CCCCCCCCCCCCCCCC(=O)OC1=C(O)C(=O)O[C@@H]1[C@H](C[O-])OS(=O)O.[Na+]. The number of ether oxygens (including phenoxy) is 2. The normalized spacial score (nSPS) is 17.4. The first kappa shape index (κ1) is 32.5. The molecule has 0 aromatic rings. The van der Waals surface area contributed by atoms with Crippen LogP contribution in [0.1, 0.15) is 96.8 Å². The maximum Gasteiger partial charge on any atom is 1.00 e. The first-order chi connectivity index (χ1) is 15.4. The van der Waals surface area contributed by atoms with Gasteiger partial charge in [-0.25, -0.2) is 4.79 Å². The molecule has 1 rings (SSSR count). The van der Waals surface area contributed by atoms with Crippen LogP contribution in [0.15, 0.2) is 11.5 Å². The van der Waals surface area contributed by atoms with Gasteiger partial charge in [-0.3, -0.25) is 13.5 Å². The molecular weight excluding hydrogens is 463 g/mol. The van der Waals surface area contributed by atoms with E-state index in [2.05, 4.69) is 11.1 Å². The number of carbonyl (C=O) groups is 2. The molecule has 0 fully saturated rings. The van der Waals surface area contributed by atoms with E-state index in [1.807, 2.05) is 0 Å². The van der Waals surface area contributed by atoms with Crippen molar-refractivity contribution in [3.63, 3.8) is 0 Å². The molecule has 1 heterocycles. The monoisotopic (exact) mass is 500 g/mol. The van der Waals surface area contributed by atoms with Crippen molar-refractivity contribution in [1.29, 1.82) is 0 Å². The Morgan fingerprint density at radius 2 is 1.52 bits per heavy atom. The zero-order valence-electron chi connectivity index (χ0n) is 19.9. The van der Waals surface area contributed by atoms with Gasteiger partial charge in [-0.15, -0.1) is 6.61 Å². The summed E-state index contributed by atoms with van der Waals surface area (Å²) in [6.07, 6.45) is 12.1. The maximum absolute atomic E-state index is 12.1. The van der Waals surface area contributed by atoms with E-state index < -0.39 is 53.6 Å². The zero-order valence-corrected chi connectivity index (χ0v) is 22.7. The van der Waals surface area contributed by atoms with E-state index in [0.717, 1.165) is 19.3 Å². The van der Waals surface area contributed by atoms with Gasteiger partial charge in [-0.2, -0.15) is 4.21 Å². The Labute approximate surface area is 221 Å². The van der Waals surface area contributed by atoms with Crippen molar-refractivity contribution in [2.75, 3.05) is 6.61 Å². The summed E-state index contributed by atoms with van der Waals surface area (Å²) in [6.45, 7) is 1.18. The predicted octanol–water partition coefficient (Wildman–Crippen LogP) is 0.592. The second-order valence-corrected chi connectivity index (χ2v) is 8.65. The number of esters is 2. The Hall–Kier alpha value is -0.490. The molecule has 1 aliphatic heterocycles. The summed E-state index contributed by atoms with van der Waals surface area (Å²) in [5.41, 5.74) is 0. The number of unbranched alkanes of at least 4 members (excludes halogenated alkanes) is 12. The first-order valence-corrected chi connectivity index (χ1v) is 12.6. The average Bonchev–Trinajstić information content (AvgIpc) is 3.03. The van der Waals surface area contributed by atoms with Crippen molar-refractivity contribution in [2.45, 2.75) is 109 Å². The van der Waals surface area contributed by atoms with Gasteiger partial charge in [0.2, 0.25) is 11.5 Å². The fraction of sp³-hybridized carbons (Fsp3) is 0.818. The van der Waals surface area contributed by atoms with Gasteiger partial charge in [0.1, 0.15) is 6.10 Å². The van der Waals surface area contributed by atoms with E-state index in [1.54, 1.807) is 0 Å². The van der Waals surface area contributed by atoms with Gasteiger partial charge in [-0.1, -0.05) is 84.0 Å². The van der Waals surface area contributed by atoms with Crippen LogP contribution in [-0.4, -0.2) is 44.6 Å². The molecule has 33 heavy (non-hydrogen) atoms. The van der Waals surface area contributed by atoms with Gasteiger partial charge in [0, 0.05) is 6.42 Å². The van der Waals surface area contributed by atoms with E-state index in [0.29, 0.717) is 6.42 Å². The van der Waals surface area contributed by atoms with E-state index in [4.69, 9.17) is 14.0 Å². The molecule has 1 aliphatic rings. The van der Waals surface area contributed by atoms with Crippen LogP contribution in [0.5, 0.6) is 0 Å². The van der Waals surface area contributed by atoms with Crippen LogP contribution in [0.3, 0.4) is 0 Å². The number of aliphatic hydroxyl groups is 1. The summed E-state index contributed by atoms with van der Waals surface area (Å²) in [7, 11) is 0.